The van der Waals surface area contributed by atoms with Crippen LogP contribution < -0.4 is 10.1 Å². The third-order valence-corrected chi connectivity index (χ3v) is 3.53. The SMILES string of the molecule is COc1cccc(CCNC(O)Cc2ccccc2)c1[N+](=O)[O-]. The largest absolute Gasteiger partial charge is 0.490 e. The summed E-state index contributed by atoms with van der Waals surface area (Å²) in [5.41, 5.74) is 1.59. The zero-order valence-corrected chi connectivity index (χ0v) is 12.9. The molecule has 0 spiro atoms. The number of nitro benzene ring substituents is 1. The van der Waals surface area contributed by atoms with Crippen LogP contribution in [-0.4, -0.2) is 29.9 Å². The van der Waals surface area contributed by atoms with Gasteiger partial charge in [-0.1, -0.05) is 42.5 Å². The Hall–Kier alpha value is -2.44. The molecular weight excluding hydrogens is 296 g/mol. The van der Waals surface area contributed by atoms with Crippen molar-refractivity contribution in [2.75, 3.05) is 13.7 Å². The Morgan fingerprint density at radius 1 is 1.22 bits per heavy atom. The summed E-state index contributed by atoms with van der Waals surface area (Å²) in [7, 11) is 1.41. The van der Waals surface area contributed by atoms with Crippen LogP contribution in [0.1, 0.15) is 11.1 Å². The van der Waals surface area contributed by atoms with Crippen molar-refractivity contribution in [1.29, 1.82) is 0 Å². The highest BCUT2D eigenvalue weighted by atomic mass is 16.6. The number of methoxy groups -OCH3 is 1. The lowest BCUT2D eigenvalue weighted by Gasteiger charge is -2.13. The second-order valence-corrected chi connectivity index (χ2v) is 5.13. The van der Waals surface area contributed by atoms with Crippen LogP contribution >= 0.6 is 0 Å². The minimum Gasteiger partial charge on any atom is -0.490 e. The van der Waals surface area contributed by atoms with Crippen LogP contribution in [0.2, 0.25) is 0 Å². The molecule has 0 aromatic heterocycles. The van der Waals surface area contributed by atoms with Crippen molar-refractivity contribution in [3.05, 3.63) is 69.8 Å². The van der Waals surface area contributed by atoms with E-state index >= 15 is 0 Å². The van der Waals surface area contributed by atoms with Gasteiger partial charge in [-0.25, -0.2) is 0 Å². The molecule has 122 valence electrons. The van der Waals surface area contributed by atoms with Gasteiger partial charge in [-0.15, -0.1) is 0 Å². The molecule has 0 aliphatic heterocycles. The second-order valence-electron chi connectivity index (χ2n) is 5.13. The molecule has 0 saturated heterocycles. The van der Waals surface area contributed by atoms with Gasteiger partial charge in [-0.05, 0) is 18.1 Å². The maximum atomic E-state index is 11.2. The van der Waals surface area contributed by atoms with Gasteiger partial charge < -0.3 is 9.84 Å². The summed E-state index contributed by atoms with van der Waals surface area (Å²) in [6.45, 7) is 0.433. The zero-order chi connectivity index (χ0) is 16.7. The molecule has 2 N–H and O–H groups in total. The molecular formula is C17H20N2O4. The van der Waals surface area contributed by atoms with Gasteiger partial charge in [0, 0.05) is 18.5 Å². The van der Waals surface area contributed by atoms with Crippen LogP contribution in [0.3, 0.4) is 0 Å². The summed E-state index contributed by atoms with van der Waals surface area (Å²) in [6.07, 6.45) is 0.225. The molecule has 0 aliphatic carbocycles. The van der Waals surface area contributed by atoms with E-state index in [9.17, 15) is 15.2 Å². The van der Waals surface area contributed by atoms with E-state index in [1.807, 2.05) is 30.3 Å². The van der Waals surface area contributed by atoms with Gasteiger partial charge in [0.15, 0.2) is 5.75 Å². The Morgan fingerprint density at radius 3 is 2.61 bits per heavy atom. The van der Waals surface area contributed by atoms with Crippen molar-refractivity contribution >= 4 is 5.69 Å². The summed E-state index contributed by atoms with van der Waals surface area (Å²) < 4.78 is 5.04. The molecule has 0 heterocycles. The van der Waals surface area contributed by atoms with Gasteiger partial charge in [0.1, 0.15) is 6.23 Å². The molecule has 0 aliphatic rings. The number of aliphatic hydroxyl groups excluding tert-OH is 1. The van der Waals surface area contributed by atoms with Crippen molar-refractivity contribution < 1.29 is 14.8 Å². The van der Waals surface area contributed by atoms with Gasteiger partial charge in [-0.3, -0.25) is 15.4 Å². The summed E-state index contributed by atoms with van der Waals surface area (Å²) in [6, 6.07) is 14.6. The number of aliphatic hydroxyl groups is 1. The van der Waals surface area contributed by atoms with Crippen molar-refractivity contribution in [3.8, 4) is 5.75 Å². The summed E-state index contributed by atoms with van der Waals surface area (Å²) >= 11 is 0. The fourth-order valence-electron chi connectivity index (χ4n) is 2.42. The lowest BCUT2D eigenvalue weighted by atomic mass is 10.1. The average Bonchev–Trinajstić information content (AvgIpc) is 2.55. The van der Waals surface area contributed by atoms with Crippen LogP contribution in [0.4, 0.5) is 5.69 Å². The van der Waals surface area contributed by atoms with E-state index in [1.54, 1.807) is 18.2 Å². The predicted molar refractivity (Wildman–Crippen MR) is 87.5 cm³/mol. The Kier molecular flexibility index (Phi) is 6.08. The lowest BCUT2D eigenvalue weighted by Crippen LogP contribution is -2.32. The van der Waals surface area contributed by atoms with Gasteiger partial charge >= 0.3 is 5.69 Å². The van der Waals surface area contributed by atoms with E-state index in [0.29, 0.717) is 24.9 Å². The summed E-state index contributed by atoms with van der Waals surface area (Å²) in [4.78, 5) is 10.8. The molecule has 23 heavy (non-hydrogen) atoms. The number of benzene rings is 2. The topological polar surface area (TPSA) is 84.6 Å². The van der Waals surface area contributed by atoms with Crippen LogP contribution in [0.15, 0.2) is 48.5 Å². The van der Waals surface area contributed by atoms with Gasteiger partial charge in [0.25, 0.3) is 0 Å². The molecule has 2 aromatic rings. The molecule has 2 aromatic carbocycles. The lowest BCUT2D eigenvalue weighted by molar-refractivity contribution is -0.386. The maximum Gasteiger partial charge on any atom is 0.314 e. The number of hydrogen-bond acceptors (Lipinski definition) is 5. The monoisotopic (exact) mass is 316 g/mol. The fourth-order valence-corrected chi connectivity index (χ4v) is 2.42. The number of nitro groups is 1. The average molecular weight is 316 g/mol. The molecule has 6 nitrogen and oxygen atoms in total. The fraction of sp³-hybridized carbons (Fsp3) is 0.294. The van der Waals surface area contributed by atoms with Crippen molar-refractivity contribution in [1.82, 2.24) is 5.32 Å². The van der Waals surface area contributed by atoms with Crippen LogP contribution in [0, 0.1) is 10.1 Å². The molecule has 0 radical (unpaired) electrons. The Balaban J connectivity index is 1.92. The summed E-state index contributed by atoms with van der Waals surface area (Å²) in [5.74, 6) is 0.248. The van der Waals surface area contributed by atoms with E-state index in [0.717, 1.165) is 5.56 Å². The minimum absolute atomic E-state index is 0.0191. The number of hydrogen-bond donors (Lipinski definition) is 2. The molecule has 0 fully saturated rings. The smallest absolute Gasteiger partial charge is 0.314 e. The van der Waals surface area contributed by atoms with E-state index in [-0.39, 0.29) is 11.4 Å². The van der Waals surface area contributed by atoms with Crippen LogP contribution in [0.25, 0.3) is 0 Å². The number of nitrogens with zero attached hydrogens (tertiary/aromatic N) is 1. The van der Waals surface area contributed by atoms with Crippen LogP contribution in [0.5, 0.6) is 5.75 Å². The molecule has 6 heteroatoms. The molecule has 1 atom stereocenters. The van der Waals surface area contributed by atoms with Gasteiger partial charge in [-0.2, -0.15) is 0 Å². The predicted octanol–water partition coefficient (Wildman–Crippen LogP) is 2.30. The first-order valence-electron chi connectivity index (χ1n) is 7.37. The molecule has 2 rings (SSSR count). The maximum absolute atomic E-state index is 11.2. The molecule has 0 amide bonds. The first kappa shape index (κ1) is 16.9. The molecule has 0 saturated carbocycles. The third kappa shape index (κ3) is 4.77. The number of para-hydroxylation sites is 1. The van der Waals surface area contributed by atoms with Crippen LogP contribution in [-0.2, 0) is 12.8 Å². The van der Waals surface area contributed by atoms with Gasteiger partial charge in [0.2, 0.25) is 0 Å². The highest BCUT2D eigenvalue weighted by Crippen LogP contribution is 2.30. The van der Waals surface area contributed by atoms with Crippen molar-refractivity contribution in [2.45, 2.75) is 19.1 Å². The first-order chi connectivity index (χ1) is 11.1. The van der Waals surface area contributed by atoms with E-state index in [4.69, 9.17) is 4.74 Å². The standard InChI is InChI=1S/C17H20N2O4/c1-23-15-9-5-8-14(17(15)19(21)22)10-11-18-16(20)12-13-6-3-2-4-7-13/h2-9,16,18,20H,10-12H2,1H3. The number of nitrogens with one attached hydrogen (secondary N) is 1. The zero-order valence-electron chi connectivity index (χ0n) is 12.9. The van der Waals surface area contributed by atoms with E-state index < -0.39 is 11.2 Å². The van der Waals surface area contributed by atoms with Crippen molar-refractivity contribution in [2.24, 2.45) is 0 Å². The normalized spacial score (nSPS) is 11.9. The van der Waals surface area contributed by atoms with E-state index in [1.165, 1.54) is 7.11 Å². The van der Waals surface area contributed by atoms with E-state index in [2.05, 4.69) is 5.32 Å². The Morgan fingerprint density at radius 2 is 1.96 bits per heavy atom. The number of rotatable bonds is 8. The summed E-state index contributed by atoms with van der Waals surface area (Å²) in [5, 5.41) is 24.2. The minimum atomic E-state index is -0.693. The van der Waals surface area contributed by atoms with Gasteiger partial charge in [0.05, 0.1) is 12.0 Å². The quantitative estimate of drug-likeness (QED) is 0.443. The number of ether oxygens (including phenoxy) is 1. The Bertz CT molecular complexity index is 646. The molecule has 1 unspecified atom stereocenters. The first-order valence-corrected chi connectivity index (χ1v) is 7.37. The third-order valence-electron chi connectivity index (χ3n) is 3.53. The highest BCUT2D eigenvalue weighted by Gasteiger charge is 2.19. The second kappa shape index (κ2) is 8.26. The molecule has 0 bridgehead atoms. The van der Waals surface area contributed by atoms with Crippen molar-refractivity contribution in [3.63, 3.8) is 0 Å². The Labute approximate surface area is 134 Å². The highest BCUT2D eigenvalue weighted by molar-refractivity contribution is 5.52.